The van der Waals surface area contributed by atoms with Crippen LogP contribution in [-0.4, -0.2) is 16.9 Å². The molecule has 80 valence electrons. The van der Waals surface area contributed by atoms with Crippen LogP contribution in [0.3, 0.4) is 0 Å². The van der Waals surface area contributed by atoms with Crippen molar-refractivity contribution in [3.8, 4) is 5.75 Å². The Balaban J connectivity index is 1.96. The van der Waals surface area contributed by atoms with Crippen LogP contribution in [0.2, 0.25) is 0 Å². The molecule has 1 N–H and O–H groups in total. The van der Waals surface area contributed by atoms with E-state index in [4.69, 9.17) is 4.74 Å². The number of aromatic nitrogens is 1. The van der Waals surface area contributed by atoms with Gasteiger partial charge in [0.25, 0.3) is 0 Å². The lowest BCUT2D eigenvalue weighted by molar-refractivity contribution is 0.310. The van der Waals surface area contributed by atoms with Gasteiger partial charge in [-0.25, -0.2) is 0 Å². The highest BCUT2D eigenvalue weighted by Crippen LogP contribution is 2.19. The molecule has 0 aliphatic carbocycles. The van der Waals surface area contributed by atoms with Gasteiger partial charge in [-0.15, -0.1) is 0 Å². The van der Waals surface area contributed by atoms with Crippen molar-refractivity contribution in [1.82, 2.24) is 4.98 Å². The van der Waals surface area contributed by atoms with E-state index in [2.05, 4.69) is 39.1 Å². The molecule has 1 aromatic carbocycles. The number of alkyl halides is 1. The van der Waals surface area contributed by atoms with Crippen LogP contribution < -0.4 is 4.74 Å². The summed E-state index contributed by atoms with van der Waals surface area (Å²) in [5.41, 5.74) is 1.16. The largest absolute Gasteiger partial charge is 0.494 e. The molecule has 0 amide bonds. The number of benzene rings is 1. The first-order valence-corrected chi connectivity index (χ1v) is 6.28. The average molecular weight is 268 g/mol. The average Bonchev–Trinajstić information content (AvgIpc) is 2.71. The second-order valence-corrected chi connectivity index (χ2v) is 4.26. The van der Waals surface area contributed by atoms with Crippen LogP contribution in [-0.2, 0) is 0 Å². The number of nitrogens with one attached hydrogen (secondary N) is 1. The minimum atomic E-state index is 0.793. The standard InChI is InChI=1S/C12H14BrNO/c13-6-1-2-8-15-11-3-4-12-10(9-11)5-7-14-12/h3-5,7,9,14H,1-2,6,8H2. The van der Waals surface area contributed by atoms with Crippen LogP contribution in [0.1, 0.15) is 12.8 Å². The summed E-state index contributed by atoms with van der Waals surface area (Å²) >= 11 is 3.40. The molecule has 0 radical (unpaired) electrons. The van der Waals surface area contributed by atoms with Crippen molar-refractivity contribution >= 4 is 26.8 Å². The van der Waals surface area contributed by atoms with Crippen LogP contribution in [0.4, 0.5) is 0 Å². The molecule has 2 aromatic rings. The zero-order valence-corrected chi connectivity index (χ0v) is 10.1. The lowest BCUT2D eigenvalue weighted by Gasteiger charge is -2.05. The summed E-state index contributed by atoms with van der Waals surface area (Å²) in [5.74, 6) is 0.955. The minimum absolute atomic E-state index is 0.793. The van der Waals surface area contributed by atoms with E-state index in [0.29, 0.717) is 0 Å². The van der Waals surface area contributed by atoms with Crippen LogP contribution in [0.5, 0.6) is 5.75 Å². The smallest absolute Gasteiger partial charge is 0.120 e. The van der Waals surface area contributed by atoms with Crippen LogP contribution in [0.25, 0.3) is 10.9 Å². The third-order valence-corrected chi connectivity index (χ3v) is 2.88. The summed E-state index contributed by atoms with van der Waals surface area (Å²) in [5, 5.41) is 2.25. The molecule has 0 saturated carbocycles. The molecule has 0 atom stereocenters. The summed E-state index contributed by atoms with van der Waals surface area (Å²) in [7, 11) is 0. The van der Waals surface area contributed by atoms with Crippen molar-refractivity contribution in [2.24, 2.45) is 0 Å². The fraction of sp³-hybridized carbons (Fsp3) is 0.333. The fourth-order valence-electron chi connectivity index (χ4n) is 1.51. The summed E-state index contributed by atoms with van der Waals surface area (Å²) in [6.45, 7) is 0.793. The molecule has 15 heavy (non-hydrogen) atoms. The first-order chi connectivity index (χ1) is 7.40. The van der Waals surface area contributed by atoms with Crippen LogP contribution >= 0.6 is 15.9 Å². The third kappa shape index (κ3) is 2.75. The van der Waals surface area contributed by atoms with Gasteiger partial charge in [0.2, 0.25) is 0 Å². The van der Waals surface area contributed by atoms with Crippen molar-refractivity contribution < 1.29 is 4.74 Å². The second kappa shape index (κ2) is 5.21. The molecule has 1 aromatic heterocycles. The third-order valence-electron chi connectivity index (χ3n) is 2.32. The number of hydrogen-bond acceptors (Lipinski definition) is 1. The molecule has 0 aliphatic rings. The maximum Gasteiger partial charge on any atom is 0.120 e. The van der Waals surface area contributed by atoms with E-state index in [1.165, 1.54) is 5.39 Å². The second-order valence-electron chi connectivity index (χ2n) is 3.47. The number of fused-ring (bicyclic) bond motifs is 1. The maximum absolute atomic E-state index is 5.65. The van der Waals surface area contributed by atoms with E-state index in [-0.39, 0.29) is 0 Å². The Hall–Kier alpha value is -0.960. The maximum atomic E-state index is 5.65. The van der Waals surface area contributed by atoms with Gasteiger partial charge in [-0.2, -0.15) is 0 Å². The lowest BCUT2D eigenvalue weighted by atomic mass is 10.2. The first kappa shape index (κ1) is 10.6. The molecular weight excluding hydrogens is 254 g/mol. The number of H-pyrrole nitrogens is 1. The van der Waals surface area contributed by atoms with Crippen LogP contribution in [0.15, 0.2) is 30.5 Å². The molecule has 0 spiro atoms. The van der Waals surface area contributed by atoms with Gasteiger partial charge in [0.15, 0.2) is 0 Å². The Labute approximate surface area is 97.8 Å². The lowest BCUT2D eigenvalue weighted by Crippen LogP contribution is -1.97. The highest BCUT2D eigenvalue weighted by atomic mass is 79.9. The predicted molar refractivity (Wildman–Crippen MR) is 66.8 cm³/mol. The Morgan fingerprint density at radius 1 is 1.20 bits per heavy atom. The van der Waals surface area contributed by atoms with Gasteiger partial charge < -0.3 is 9.72 Å². The minimum Gasteiger partial charge on any atom is -0.494 e. The number of aromatic amines is 1. The molecule has 0 saturated heterocycles. The Morgan fingerprint density at radius 2 is 2.13 bits per heavy atom. The highest BCUT2D eigenvalue weighted by molar-refractivity contribution is 9.09. The van der Waals surface area contributed by atoms with E-state index >= 15 is 0 Å². The van der Waals surface area contributed by atoms with Gasteiger partial charge in [0.05, 0.1) is 6.61 Å². The van der Waals surface area contributed by atoms with Gasteiger partial charge in [0, 0.05) is 22.4 Å². The number of rotatable bonds is 5. The van der Waals surface area contributed by atoms with Gasteiger partial charge in [-0.1, -0.05) is 15.9 Å². The molecule has 2 rings (SSSR count). The number of hydrogen-bond donors (Lipinski definition) is 1. The monoisotopic (exact) mass is 267 g/mol. The van der Waals surface area contributed by atoms with Gasteiger partial charge in [-0.3, -0.25) is 0 Å². The first-order valence-electron chi connectivity index (χ1n) is 5.16. The number of halogens is 1. The van der Waals surface area contributed by atoms with E-state index in [1.807, 2.05) is 12.3 Å². The van der Waals surface area contributed by atoms with Crippen molar-refractivity contribution in [2.45, 2.75) is 12.8 Å². The Bertz CT molecular complexity index is 424. The van der Waals surface area contributed by atoms with Gasteiger partial charge in [-0.05, 0) is 37.1 Å². The molecule has 1 heterocycles. The van der Waals surface area contributed by atoms with Gasteiger partial charge >= 0.3 is 0 Å². The predicted octanol–water partition coefficient (Wildman–Crippen LogP) is 3.72. The topological polar surface area (TPSA) is 25.0 Å². The Morgan fingerprint density at radius 3 is 3.00 bits per heavy atom. The molecular formula is C12H14BrNO. The molecule has 3 heteroatoms. The van der Waals surface area contributed by atoms with Crippen molar-refractivity contribution in [1.29, 1.82) is 0 Å². The molecule has 0 aliphatic heterocycles. The normalized spacial score (nSPS) is 10.7. The molecule has 0 bridgehead atoms. The van der Waals surface area contributed by atoms with Crippen LogP contribution in [0, 0.1) is 0 Å². The zero-order valence-electron chi connectivity index (χ0n) is 8.50. The fourth-order valence-corrected chi connectivity index (χ4v) is 1.90. The Kier molecular flexibility index (Phi) is 3.67. The summed E-state index contributed by atoms with van der Waals surface area (Å²) in [4.78, 5) is 3.16. The van der Waals surface area contributed by atoms with E-state index in [0.717, 1.165) is 36.0 Å². The van der Waals surface area contributed by atoms with E-state index in [9.17, 15) is 0 Å². The summed E-state index contributed by atoms with van der Waals surface area (Å²) < 4.78 is 5.65. The molecule has 0 fully saturated rings. The van der Waals surface area contributed by atoms with E-state index in [1.54, 1.807) is 0 Å². The summed E-state index contributed by atoms with van der Waals surface area (Å²) in [6.07, 6.45) is 4.20. The highest BCUT2D eigenvalue weighted by Gasteiger charge is 1.97. The zero-order chi connectivity index (χ0) is 10.5. The van der Waals surface area contributed by atoms with Crippen molar-refractivity contribution in [2.75, 3.05) is 11.9 Å². The molecule has 0 unspecified atom stereocenters. The van der Waals surface area contributed by atoms with Gasteiger partial charge in [0.1, 0.15) is 5.75 Å². The SMILES string of the molecule is BrCCCCOc1ccc2[nH]ccc2c1. The van der Waals surface area contributed by atoms with E-state index < -0.39 is 0 Å². The molecule has 2 nitrogen and oxygen atoms in total. The quantitative estimate of drug-likeness (QED) is 0.648. The van der Waals surface area contributed by atoms with Crippen molar-refractivity contribution in [3.05, 3.63) is 30.5 Å². The number of ether oxygens (including phenoxy) is 1. The number of unbranched alkanes of at least 4 members (excludes halogenated alkanes) is 1. The summed E-state index contributed by atoms with van der Waals surface area (Å²) in [6, 6.07) is 8.18. The van der Waals surface area contributed by atoms with Crippen molar-refractivity contribution in [3.63, 3.8) is 0 Å².